The zero-order valence-electron chi connectivity index (χ0n) is 16.8. The van der Waals surface area contributed by atoms with Gasteiger partial charge >= 0.3 is 18.0 Å². The molecule has 1 aliphatic heterocycles. The molecule has 0 aliphatic carbocycles. The van der Waals surface area contributed by atoms with E-state index >= 15 is 0 Å². The van der Waals surface area contributed by atoms with Crippen molar-refractivity contribution in [2.45, 2.75) is 26.0 Å². The molecule has 1 aliphatic rings. The molecule has 9 heteroatoms. The van der Waals surface area contributed by atoms with Crippen molar-refractivity contribution in [2.75, 3.05) is 7.11 Å². The Labute approximate surface area is 173 Å². The second kappa shape index (κ2) is 8.73. The van der Waals surface area contributed by atoms with Crippen molar-refractivity contribution in [1.82, 2.24) is 10.6 Å². The lowest BCUT2D eigenvalue weighted by Gasteiger charge is -2.33. The monoisotopic (exact) mass is 414 g/mol. The van der Waals surface area contributed by atoms with Crippen LogP contribution in [-0.2, 0) is 9.53 Å². The number of carbonyl (C=O) groups excluding carboxylic acids is 3. The van der Waals surface area contributed by atoms with Gasteiger partial charge in [-0.15, -0.1) is 0 Å². The fraction of sp³-hybridized carbons (Fsp3) is 0.286. The van der Waals surface area contributed by atoms with Crippen LogP contribution in [0.2, 0.25) is 0 Å². The van der Waals surface area contributed by atoms with E-state index in [0.29, 0.717) is 5.56 Å². The van der Waals surface area contributed by atoms with Crippen LogP contribution in [0.15, 0.2) is 53.3 Å². The van der Waals surface area contributed by atoms with Crippen molar-refractivity contribution >= 4 is 18.0 Å². The molecule has 1 aromatic heterocycles. The third-order valence-corrected chi connectivity index (χ3v) is 4.35. The zero-order chi connectivity index (χ0) is 21.8. The van der Waals surface area contributed by atoms with Gasteiger partial charge in [0, 0.05) is 5.70 Å². The number of hydrogen-bond acceptors (Lipinski definition) is 7. The van der Waals surface area contributed by atoms with Gasteiger partial charge in [0.05, 0.1) is 25.5 Å². The molecule has 9 nitrogen and oxygen atoms in total. The molecule has 2 N–H and O–H groups in total. The van der Waals surface area contributed by atoms with E-state index in [0.717, 1.165) is 0 Å². The second-order valence-electron chi connectivity index (χ2n) is 6.84. The second-order valence-corrected chi connectivity index (χ2v) is 6.84. The Kier molecular flexibility index (Phi) is 6.10. The molecule has 0 spiro atoms. The average molecular weight is 414 g/mol. The molecule has 2 amide bonds. The maximum atomic E-state index is 12.6. The summed E-state index contributed by atoms with van der Waals surface area (Å²) in [5.41, 5.74) is 0.771. The van der Waals surface area contributed by atoms with E-state index in [9.17, 15) is 14.4 Å². The number of amides is 2. The van der Waals surface area contributed by atoms with Gasteiger partial charge in [0.2, 0.25) is 5.76 Å². The molecule has 158 valence electrons. The topological polar surface area (TPSA) is 116 Å². The summed E-state index contributed by atoms with van der Waals surface area (Å²) >= 11 is 0. The predicted molar refractivity (Wildman–Crippen MR) is 105 cm³/mol. The normalized spacial score (nSPS) is 18.4. The van der Waals surface area contributed by atoms with Crippen LogP contribution >= 0.6 is 0 Å². The summed E-state index contributed by atoms with van der Waals surface area (Å²) in [7, 11) is 1.41. The van der Waals surface area contributed by atoms with Gasteiger partial charge in [-0.05, 0) is 43.7 Å². The number of urea groups is 1. The molecule has 3 rings (SSSR count). The van der Waals surface area contributed by atoms with E-state index in [1.54, 1.807) is 32.0 Å². The zero-order valence-corrected chi connectivity index (χ0v) is 16.8. The van der Waals surface area contributed by atoms with Crippen LogP contribution < -0.4 is 20.1 Å². The van der Waals surface area contributed by atoms with E-state index < -0.39 is 29.9 Å². The van der Waals surface area contributed by atoms with Crippen molar-refractivity contribution in [3.63, 3.8) is 0 Å². The van der Waals surface area contributed by atoms with Crippen molar-refractivity contribution < 1.29 is 33.0 Å². The van der Waals surface area contributed by atoms with Gasteiger partial charge in [-0.25, -0.2) is 9.59 Å². The summed E-state index contributed by atoms with van der Waals surface area (Å²) in [5.74, 6) is -1.64. The molecule has 1 fully saturated rings. The third kappa shape index (κ3) is 4.45. The van der Waals surface area contributed by atoms with Gasteiger partial charge in [-0.3, -0.25) is 4.79 Å². The van der Waals surface area contributed by atoms with Gasteiger partial charge in [0.25, 0.3) is 0 Å². The van der Waals surface area contributed by atoms with Gasteiger partial charge in [0.15, 0.2) is 11.5 Å². The lowest BCUT2D eigenvalue weighted by atomic mass is 9.89. The summed E-state index contributed by atoms with van der Waals surface area (Å²) < 4.78 is 21.0. The predicted octanol–water partition coefficient (Wildman–Crippen LogP) is 2.94. The first-order chi connectivity index (χ1) is 14.3. The van der Waals surface area contributed by atoms with Crippen LogP contribution in [0.5, 0.6) is 11.5 Å². The standard InChI is InChI=1S/C21H22N2O7/c1-11(2)29-20(25)17-12(3)22-21(26)23-18(17)13-7-8-14(16(10-13)27-4)30-19(24)15-6-5-9-28-15/h5-11,17-18H,3H2,1-2,4H3,(H2,22,23,26). The Balaban J connectivity index is 1.90. The molecule has 30 heavy (non-hydrogen) atoms. The van der Waals surface area contributed by atoms with Crippen LogP contribution in [0.3, 0.4) is 0 Å². The number of furan rings is 1. The van der Waals surface area contributed by atoms with E-state index in [-0.39, 0.29) is 29.1 Å². The third-order valence-electron chi connectivity index (χ3n) is 4.35. The average Bonchev–Trinajstić information content (AvgIpc) is 3.22. The van der Waals surface area contributed by atoms with Gasteiger partial charge in [-0.2, -0.15) is 0 Å². The highest BCUT2D eigenvalue weighted by Crippen LogP contribution is 2.36. The highest BCUT2D eigenvalue weighted by Gasteiger charge is 2.39. The minimum atomic E-state index is -0.855. The number of methoxy groups -OCH3 is 1. The highest BCUT2D eigenvalue weighted by atomic mass is 16.6. The number of benzene rings is 1. The maximum Gasteiger partial charge on any atom is 0.379 e. The fourth-order valence-corrected chi connectivity index (χ4v) is 3.05. The summed E-state index contributed by atoms with van der Waals surface area (Å²) in [4.78, 5) is 36.8. The smallest absolute Gasteiger partial charge is 0.379 e. The van der Waals surface area contributed by atoms with Crippen molar-refractivity contribution in [3.8, 4) is 11.5 Å². The summed E-state index contributed by atoms with van der Waals surface area (Å²) in [6.45, 7) is 7.26. The van der Waals surface area contributed by atoms with E-state index in [2.05, 4.69) is 17.2 Å². The molecule has 0 bridgehead atoms. The number of nitrogens with one attached hydrogen (secondary N) is 2. The Bertz CT molecular complexity index is 966. The fourth-order valence-electron chi connectivity index (χ4n) is 3.05. The number of rotatable bonds is 6. The largest absolute Gasteiger partial charge is 0.493 e. The number of carbonyl (C=O) groups is 3. The SMILES string of the molecule is C=C1NC(=O)NC(c2ccc(OC(=O)c3ccco3)c(OC)c2)C1C(=O)OC(C)C. The van der Waals surface area contributed by atoms with Crippen LogP contribution in [0.25, 0.3) is 0 Å². The highest BCUT2D eigenvalue weighted by molar-refractivity contribution is 5.88. The first-order valence-electron chi connectivity index (χ1n) is 9.20. The lowest BCUT2D eigenvalue weighted by molar-refractivity contribution is -0.152. The van der Waals surface area contributed by atoms with Crippen molar-refractivity contribution in [2.24, 2.45) is 5.92 Å². The van der Waals surface area contributed by atoms with Crippen LogP contribution in [0.4, 0.5) is 4.79 Å². The van der Waals surface area contributed by atoms with Gasteiger partial charge in [-0.1, -0.05) is 12.6 Å². The van der Waals surface area contributed by atoms with Gasteiger partial charge < -0.3 is 29.3 Å². The molecule has 2 heterocycles. The Morgan fingerprint density at radius 1 is 1.20 bits per heavy atom. The molecule has 1 saturated heterocycles. The maximum absolute atomic E-state index is 12.6. The molecule has 2 atom stereocenters. The van der Waals surface area contributed by atoms with E-state index in [4.69, 9.17) is 18.6 Å². The Morgan fingerprint density at radius 3 is 2.60 bits per heavy atom. The summed E-state index contributed by atoms with van der Waals surface area (Å²) in [6.07, 6.45) is 1.03. The first-order valence-corrected chi connectivity index (χ1v) is 9.20. The molecular formula is C21H22N2O7. The molecule has 0 saturated carbocycles. The quantitative estimate of drug-likeness (QED) is 0.551. The lowest BCUT2D eigenvalue weighted by Crippen LogP contribution is -2.51. The minimum absolute atomic E-state index is 0.0412. The number of hydrogen-bond donors (Lipinski definition) is 2. The van der Waals surface area contributed by atoms with Gasteiger partial charge in [0.1, 0.15) is 5.92 Å². The Hall–Kier alpha value is -3.75. The molecule has 1 aromatic carbocycles. The minimum Gasteiger partial charge on any atom is -0.493 e. The summed E-state index contributed by atoms with van der Waals surface area (Å²) in [5, 5.41) is 5.22. The molecule has 2 unspecified atom stereocenters. The number of esters is 2. The van der Waals surface area contributed by atoms with Crippen LogP contribution in [-0.4, -0.2) is 31.2 Å². The van der Waals surface area contributed by atoms with Crippen LogP contribution in [0, 0.1) is 5.92 Å². The molecular weight excluding hydrogens is 392 g/mol. The van der Waals surface area contributed by atoms with E-state index in [1.165, 1.54) is 25.5 Å². The Morgan fingerprint density at radius 2 is 1.97 bits per heavy atom. The molecule has 0 radical (unpaired) electrons. The first kappa shape index (κ1) is 21.0. The van der Waals surface area contributed by atoms with Crippen LogP contribution in [0.1, 0.15) is 36.0 Å². The molecule has 2 aromatic rings. The number of ether oxygens (including phenoxy) is 3. The van der Waals surface area contributed by atoms with E-state index in [1.807, 2.05) is 0 Å². The van der Waals surface area contributed by atoms with Crippen molar-refractivity contribution in [1.29, 1.82) is 0 Å². The van der Waals surface area contributed by atoms with Crippen molar-refractivity contribution in [3.05, 3.63) is 60.2 Å². The summed E-state index contributed by atoms with van der Waals surface area (Å²) in [6, 6.07) is 6.50.